The van der Waals surface area contributed by atoms with Crippen LogP contribution in [0.2, 0.25) is 0 Å². The molecule has 5 atom stereocenters. The topological polar surface area (TPSA) is 143 Å². The minimum Gasteiger partial charge on any atom is -0.434 e. The van der Waals surface area contributed by atoms with E-state index in [0.717, 1.165) is 5.56 Å². The lowest BCUT2D eigenvalue weighted by molar-refractivity contribution is -0.182. The lowest BCUT2D eigenvalue weighted by Crippen LogP contribution is -2.34. The zero-order valence-corrected chi connectivity index (χ0v) is 19.1. The molecule has 11 heteroatoms. The first-order chi connectivity index (χ1) is 16.8. The molecule has 1 saturated carbocycles. The third-order valence-electron chi connectivity index (χ3n) is 6.73. The van der Waals surface area contributed by atoms with Crippen molar-refractivity contribution in [2.24, 2.45) is 0 Å². The molecule has 4 heterocycles. The lowest BCUT2D eigenvalue weighted by atomic mass is 10.0. The molecule has 3 aliphatic rings. The monoisotopic (exact) mass is 477 g/mol. The number of anilines is 1. The molecule has 0 radical (unpaired) electrons. The predicted octanol–water partition coefficient (Wildman–Crippen LogP) is 2.31. The Balaban J connectivity index is 1.24. The van der Waals surface area contributed by atoms with Crippen LogP contribution in [0, 0.1) is 11.3 Å². The summed E-state index contributed by atoms with van der Waals surface area (Å²) in [5.74, 6) is -0.729. The van der Waals surface area contributed by atoms with Gasteiger partial charge in [-0.15, -0.1) is 0 Å². The number of nitrogens with two attached hydrogens (primary N) is 1. The van der Waals surface area contributed by atoms with E-state index in [-0.39, 0.29) is 6.61 Å². The summed E-state index contributed by atoms with van der Waals surface area (Å²) in [6.07, 6.45) is -1.50. The van der Waals surface area contributed by atoms with Gasteiger partial charge in [0.05, 0.1) is 12.3 Å². The normalized spacial score (nSPS) is 32.0. The quantitative estimate of drug-likeness (QED) is 0.544. The Morgan fingerprint density at radius 1 is 1.23 bits per heavy atom. The second-order valence-electron chi connectivity index (χ2n) is 9.25. The number of nitrogen functional groups attached to an aromatic ring is 1. The SMILES string of the molecule is CC1(C)O[C@H]2[C@H](c3ccc4c(N)ncnn34)O[C@]3(C#N)C(OC(=O)OCCc4ccccc4)[C@]23O1. The highest BCUT2D eigenvalue weighted by atomic mass is 16.8. The minimum atomic E-state index is -1.56. The molecule has 0 amide bonds. The molecular weight excluding hydrogens is 454 g/mol. The smallest absolute Gasteiger partial charge is 0.434 e. The Kier molecular flexibility index (Phi) is 4.60. The molecule has 1 aromatic carbocycles. The molecule has 11 nitrogen and oxygen atoms in total. The van der Waals surface area contributed by atoms with E-state index in [0.29, 0.717) is 23.4 Å². The van der Waals surface area contributed by atoms with E-state index in [4.69, 9.17) is 29.4 Å². The van der Waals surface area contributed by atoms with Gasteiger partial charge in [-0.1, -0.05) is 30.3 Å². The largest absolute Gasteiger partial charge is 0.508 e. The third kappa shape index (κ3) is 3.04. The number of nitriles is 1. The number of rotatable bonds is 5. The Labute approximate surface area is 200 Å². The molecule has 2 aromatic heterocycles. The molecule has 2 N–H and O–H groups in total. The number of benzene rings is 1. The van der Waals surface area contributed by atoms with Gasteiger partial charge in [-0.2, -0.15) is 10.4 Å². The molecule has 2 aliphatic heterocycles. The summed E-state index contributed by atoms with van der Waals surface area (Å²) in [6.45, 7) is 3.61. The van der Waals surface area contributed by atoms with E-state index in [1.165, 1.54) is 6.33 Å². The Morgan fingerprint density at radius 2 is 2.03 bits per heavy atom. The van der Waals surface area contributed by atoms with Crippen LogP contribution in [0.25, 0.3) is 5.52 Å². The Bertz CT molecular complexity index is 1350. The summed E-state index contributed by atoms with van der Waals surface area (Å²) in [5.41, 5.74) is 5.34. The molecule has 1 unspecified atom stereocenters. The maximum absolute atomic E-state index is 12.5. The van der Waals surface area contributed by atoms with Gasteiger partial charge in [-0.25, -0.2) is 14.3 Å². The summed E-state index contributed by atoms with van der Waals surface area (Å²) in [5, 5.41) is 14.4. The number of carbonyl (C=O) groups excluding carboxylic acids is 1. The predicted molar refractivity (Wildman–Crippen MR) is 119 cm³/mol. The van der Waals surface area contributed by atoms with Crippen LogP contribution in [0.15, 0.2) is 48.8 Å². The van der Waals surface area contributed by atoms with Gasteiger partial charge >= 0.3 is 6.16 Å². The number of ether oxygens (including phenoxy) is 5. The molecule has 1 spiro atoms. The average molecular weight is 477 g/mol. The number of fused-ring (bicyclic) bond motifs is 1. The summed E-state index contributed by atoms with van der Waals surface area (Å²) in [7, 11) is 0. The van der Waals surface area contributed by atoms with E-state index < -0.39 is 41.5 Å². The molecule has 35 heavy (non-hydrogen) atoms. The maximum Gasteiger partial charge on any atom is 0.508 e. The second-order valence-corrected chi connectivity index (χ2v) is 9.25. The van der Waals surface area contributed by atoms with Crippen LogP contribution < -0.4 is 5.73 Å². The highest BCUT2D eigenvalue weighted by Gasteiger charge is 2.96. The third-order valence-corrected chi connectivity index (χ3v) is 6.73. The van der Waals surface area contributed by atoms with E-state index >= 15 is 0 Å². The number of carbonyl (C=O) groups is 1. The van der Waals surface area contributed by atoms with Crippen molar-refractivity contribution in [1.29, 1.82) is 5.26 Å². The van der Waals surface area contributed by atoms with Crippen LogP contribution in [-0.4, -0.2) is 56.6 Å². The van der Waals surface area contributed by atoms with Gasteiger partial charge in [0.25, 0.3) is 0 Å². The molecule has 3 aromatic rings. The highest BCUT2D eigenvalue weighted by Crippen LogP contribution is 2.71. The molecular formula is C24H23N5O6. The molecule has 2 saturated heterocycles. The van der Waals surface area contributed by atoms with Crippen LogP contribution >= 0.6 is 0 Å². The van der Waals surface area contributed by atoms with Crippen LogP contribution in [0.3, 0.4) is 0 Å². The standard InChI is InChI=1S/C24H23N5O6/c1-22(2)34-18-17(15-8-9-16-19(26)27-13-28-29(15)16)33-23(12-25)20(24(18,23)35-22)32-21(30)31-11-10-14-6-4-3-5-7-14/h3-9,13,17-18,20H,10-11H2,1-2H3,(H2,26,27,28)/t17-,18-,20?,23+,24+/m0/s1. The van der Waals surface area contributed by atoms with Crippen molar-refractivity contribution in [3.05, 3.63) is 60.0 Å². The number of hydrogen-bond acceptors (Lipinski definition) is 10. The second kappa shape index (κ2) is 7.39. The average Bonchev–Trinajstić information content (AvgIpc) is 3.19. The van der Waals surface area contributed by atoms with Crippen molar-refractivity contribution in [2.45, 2.75) is 55.6 Å². The van der Waals surface area contributed by atoms with Gasteiger partial charge in [-0.05, 0) is 31.5 Å². The first-order valence-electron chi connectivity index (χ1n) is 11.2. The summed E-state index contributed by atoms with van der Waals surface area (Å²) in [6, 6.07) is 15.4. The van der Waals surface area contributed by atoms with Gasteiger partial charge in [-0.3, -0.25) is 0 Å². The molecule has 1 aliphatic carbocycles. The van der Waals surface area contributed by atoms with E-state index in [1.807, 2.05) is 30.3 Å². The fraction of sp³-hybridized carbons (Fsp3) is 0.417. The van der Waals surface area contributed by atoms with E-state index in [1.54, 1.807) is 30.5 Å². The van der Waals surface area contributed by atoms with Crippen molar-refractivity contribution in [1.82, 2.24) is 14.6 Å². The zero-order chi connectivity index (χ0) is 24.4. The van der Waals surface area contributed by atoms with Crippen LogP contribution in [0.5, 0.6) is 0 Å². The van der Waals surface area contributed by atoms with Crippen LogP contribution in [-0.2, 0) is 30.1 Å². The zero-order valence-electron chi connectivity index (χ0n) is 19.1. The number of hydrogen-bond donors (Lipinski definition) is 1. The van der Waals surface area contributed by atoms with Crippen molar-refractivity contribution < 1.29 is 28.5 Å². The first-order valence-corrected chi connectivity index (χ1v) is 11.2. The fourth-order valence-corrected chi connectivity index (χ4v) is 5.26. The van der Waals surface area contributed by atoms with Gasteiger partial charge < -0.3 is 29.4 Å². The fourth-order valence-electron chi connectivity index (χ4n) is 5.26. The number of nitrogens with zero attached hydrogens (tertiary/aromatic N) is 4. The summed E-state index contributed by atoms with van der Waals surface area (Å²) < 4.78 is 31.1. The highest BCUT2D eigenvalue weighted by molar-refractivity contribution is 5.66. The van der Waals surface area contributed by atoms with E-state index in [9.17, 15) is 10.1 Å². The Hall–Kier alpha value is -3.72. The maximum atomic E-state index is 12.5. The van der Waals surface area contributed by atoms with Crippen LogP contribution in [0.4, 0.5) is 10.6 Å². The van der Waals surface area contributed by atoms with Gasteiger partial charge in [0, 0.05) is 6.42 Å². The minimum absolute atomic E-state index is 0.134. The molecule has 0 bridgehead atoms. The van der Waals surface area contributed by atoms with E-state index in [2.05, 4.69) is 16.2 Å². The summed E-state index contributed by atoms with van der Waals surface area (Å²) in [4.78, 5) is 16.5. The number of aromatic nitrogens is 3. The van der Waals surface area contributed by atoms with Crippen molar-refractivity contribution >= 4 is 17.5 Å². The van der Waals surface area contributed by atoms with Gasteiger partial charge in [0.15, 0.2) is 23.3 Å². The van der Waals surface area contributed by atoms with Crippen molar-refractivity contribution in [3.63, 3.8) is 0 Å². The molecule has 6 rings (SSSR count). The van der Waals surface area contributed by atoms with Crippen molar-refractivity contribution in [3.8, 4) is 6.07 Å². The Morgan fingerprint density at radius 3 is 2.80 bits per heavy atom. The van der Waals surface area contributed by atoms with Gasteiger partial charge in [0.1, 0.15) is 30.1 Å². The van der Waals surface area contributed by atoms with Crippen molar-refractivity contribution in [2.75, 3.05) is 12.3 Å². The molecule has 3 fully saturated rings. The lowest BCUT2D eigenvalue weighted by Gasteiger charge is -2.24. The first kappa shape index (κ1) is 21.8. The summed E-state index contributed by atoms with van der Waals surface area (Å²) >= 11 is 0. The van der Waals surface area contributed by atoms with Crippen LogP contribution in [0.1, 0.15) is 31.2 Å². The molecule has 180 valence electrons. The van der Waals surface area contributed by atoms with Gasteiger partial charge in [0.2, 0.25) is 5.60 Å².